The first-order valence-electron chi connectivity index (χ1n) is 4.08. The van der Waals surface area contributed by atoms with E-state index in [0.29, 0.717) is 6.04 Å². The van der Waals surface area contributed by atoms with Crippen LogP contribution in [-0.4, -0.2) is 6.04 Å². The Hall–Kier alpha value is -0.460. The zero-order chi connectivity index (χ0) is 8.57. The van der Waals surface area contributed by atoms with E-state index in [2.05, 4.69) is 25.7 Å². The summed E-state index contributed by atoms with van der Waals surface area (Å²) < 4.78 is 0. The van der Waals surface area contributed by atoms with Crippen LogP contribution in [0.1, 0.15) is 41.0 Å². The highest BCUT2D eigenvalue weighted by Crippen LogP contribution is 1.90. The van der Waals surface area contributed by atoms with Crippen molar-refractivity contribution in [2.45, 2.75) is 47.1 Å². The number of rotatable bonds is 3. The number of hydrogen-bond acceptors (Lipinski definition) is 1. The molecular weight excluding hydrogens is 122 g/mol. The van der Waals surface area contributed by atoms with Crippen LogP contribution in [0.25, 0.3) is 0 Å². The van der Waals surface area contributed by atoms with Crippen LogP contribution in [0.4, 0.5) is 0 Å². The third-order valence-corrected chi connectivity index (χ3v) is 1.11. The molecule has 0 fully saturated rings. The van der Waals surface area contributed by atoms with Crippen molar-refractivity contribution in [1.29, 1.82) is 0 Å². The first-order chi connectivity index (χ1) is 4.66. The first-order valence-corrected chi connectivity index (χ1v) is 4.08. The highest BCUT2D eigenvalue weighted by atomic mass is 14.9. The van der Waals surface area contributed by atoms with Crippen molar-refractivity contribution in [2.24, 2.45) is 0 Å². The van der Waals surface area contributed by atoms with E-state index >= 15 is 0 Å². The van der Waals surface area contributed by atoms with Gasteiger partial charge in [-0.25, -0.2) is 0 Å². The van der Waals surface area contributed by atoms with Gasteiger partial charge in [0, 0.05) is 11.7 Å². The maximum Gasteiger partial charge on any atom is 0.0227 e. The van der Waals surface area contributed by atoms with Gasteiger partial charge >= 0.3 is 0 Å². The lowest BCUT2D eigenvalue weighted by Gasteiger charge is -2.10. The summed E-state index contributed by atoms with van der Waals surface area (Å²) in [7, 11) is 0. The van der Waals surface area contributed by atoms with Gasteiger partial charge < -0.3 is 5.32 Å². The second-order valence-corrected chi connectivity index (χ2v) is 2.23. The van der Waals surface area contributed by atoms with Gasteiger partial charge in [0.2, 0.25) is 0 Å². The summed E-state index contributed by atoms with van der Waals surface area (Å²) in [5.41, 5.74) is 1.05. The fourth-order valence-corrected chi connectivity index (χ4v) is 0.523. The molecule has 0 aliphatic rings. The lowest BCUT2D eigenvalue weighted by atomic mass is 10.2. The van der Waals surface area contributed by atoms with Gasteiger partial charge in [-0.1, -0.05) is 27.4 Å². The Morgan fingerprint density at radius 1 is 1.50 bits per heavy atom. The molecule has 0 spiro atoms. The third-order valence-electron chi connectivity index (χ3n) is 1.11. The van der Waals surface area contributed by atoms with Crippen molar-refractivity contribution in [2.75, 3.05) is 0 Å². The second kappa shape index (κ2) is 8.54. The Morgan fingerprint density at radius 3 is 2.00 bits per heavy atom. The monoisotopic (exact) mass is 143 g/mol. The fraction of sp³-hybridized carbons (Fsp3) is 0.778. The van der Waals surface area contributed by atoms with Crippen molar-refractivity contribution in [3.05, 3.63) is 12.3 Å². The van der Waals surface area contributed by atoms with Crippen molar-refractivity contribution in [1.82, 2.24) is 5.32 Å². The summed E-state index contributed by atoms with van der Waals surface area (Å²) in [4.78, 5) is 0. The van der Waals surface area contributed by atoms with Gasteiger partial charge in [0.1, 0.15) is 0 Å². The summed E-state index contributed by atoms with van der Waals surface area (Å²) in [6, 6.07) is 0.576. The molecule has 10 heavy (non-hydrogen) atoms. The molecular formula is C9H21N. The molecule has 0 aromatic heterocycles. The maximum absolute atomic E-state index is 3.73. The molecule has 0 aromatic rings. The van der Waals surface area contributed by atoms with Gasteiger partial charge in [-0.05, 0) is 20.3 Å². The molecule has 0 heterocycles. The summed E-state index contributed by atoms with van der Waals surface area (Å²) in [6.45, 7) is 14.0. The largest absolute Gasteiger partial charge is 0.387 e. The van der Waals surface area contributed by atoms with Crippen LogP contribution in [0, 0.1) is 0 Å². The van der Waals surface area contributed by atoms with Crippen LogP contribution >= 0.6 is 0 Å². The van der Waals surface area contributed by atoms with E-state index in [1.807, 2.05) is 20.8 Å². The highest BCUT2D eigenvalue weighted by molar-refractivity contribution is 4.86. The number of nitrogens with one attached hydrogen (secondary N) is 1. The normalized spacial score (nSPS) is 10.9. The first kappa shape index (κ1) is 12.2. The van der Waals surface area contributed by atoms with Crippen LogP contribution in [-0.2, 0) is 0 Å². The van der Waals surface area contributed by atoms with Gasteiger partial charge in [0.25, 0.3) is 0 Å². The van der Waals surface area contributed by atoms with Gasteiger partial charge in [-0.2, -0.15) is 0 Å². The van der Waals surface area contributed by atoms with E-state index in [1.54, 1.807) is 0 Å². The van der Waals surface area contributed by atoms with E-state index < -0.39 is 0 Å². The van der Waals surface area contributed by atoms with Crippen molar-refractivity contribution < 1.29 is 0 Å². The predicted molar refractivity (Wildman–Crippen MR) is 49.1 cm³/mol. The zero-order valence-electron chi connectivity index (χ0n) is 7.99. The summed E-state index contributed by atoms with van der Waals surface area (Å²) in [5, 5.41) is 3.20. The predicted octanol–water partition coefficient (Wildman–Crippen LogP) is 2.93. The van der Waals surface area contributed by atoms with E-state index in [4.69, 9.17) is 0 Å². The van der Waals surface area contributed by atoms with Crippen molar-refractivity contribution in [3.8, 4) is 0 Å². The molecule has 0 saturated carbocycles. The molecule has 1 nitrogen and oxygen atoms in total. The Balaban J connectivity index is 0. The Labute approximate surface area is 65.5 Å². The third kappa shape index (κ3) is 10.5. The molecule has 1 unspecified atom stereocenters. The van der Waals surface area contributed by atoms with Crippen molar-refractivity contribution >= 4 is 0 Å². The average Bonchev–Trinajstić information content (AvgIpc) is 1.91. The average molecular weight is 143 g/mol. The lowest BCUT2D eigenvalue weighted by molar-refractivity contribution is 0.597. The topological polar surface area (TPSA) is 12.0 Å². The summed E-state index contributed by atoms with van der Waals surface area (Å²) in [6.07, 6.45) is 1.16. The van der Waals surface area contributed by atoms with Gasteiger partial charge in [-0.15, -0.1) is 0 Å². The molecule has 0 aliphatic carbocycles. The summed E-state index contributed by atoms with van der Waals surface area (Å²) >= 11 is 0. The SMILES string of the molecule is C=C(C)NC(C)CC.CC. The molecule has 0 saturated heterocycles. The standard InChI is InChI=1S/C7H15N.C2H6/c1-5-7(4)8-6(2)3;1-2/h7-8H,2,5H2,1,3-4H3;1-2H3. The van der Waals surface area contributed by atoms with Crippen LogP contribution < -0.4 is 5.32 Å². The van der Waals surface area contributed by atoms with Gasteiger partial charge in [-0.3, -0.25) is 0 Å². The molecule has 1 atom stereocenters. The molecule has 0 radical (unpaired) electrons. The molecule has 0 amide bonds. The zero-order valence-corrected chi connectivity index (χ0v) is 7.99. The second-order valence-electron chi connectivity index (χ2n) is 2.23. The lowest BCUT2D eigenvalue weighted by Crippen LogP contribution is -2.22. The molecule has 0 aromatic carbocycles. The minimum absolute atomic E-state index is 0.576. The quantitative estimate of drug-likeness (QED) is 0.640. The number of hydrogen-bond donors (Lipinski definition) is 1. The van der Waals surface area contributed by atoms with Crippen LogP contribution in [0.5, 0.6) is 0 Å². The minimum atomic E-state index is 0.576. The van der Waals surface area contributed by atoms with Crippen molar-refractivity contribution in [3.63, 3.8) is 0 Å². The van der Waals surface area contributed by atoms with Crippen LogP contribution in [0.3, 0.4) is 0 Å². The Kier molecular flexibility index (Phi) is 10.5. The highest BCUT2D eigenvalue weighted by Gasteiger charge is 1.92. The molecule has 0 rings (SSSR count). The fourth-order valence-electron chi connectivity index (χ4n) is 0.523. The Bertz CT molecular complexity index is 76.8. The van der Waals surface area contributed by atoms with Crippen LogP contribution in [0.2, 0.25) is 0 Å². The van der Waals surface area contributed by atoms with E-state index in [1.165, 1.54) is 0 Å². The molecule has 62 valence electrons. The molecule has 0 aliphatic heterocycles. The summed E-state index contributed by atoms with van der Waals surface area (Å²) in [5.74, 6) is 0. The van der Waals surface area contributed by atoms with E-state index in [9.17, 15) is 0 Å². The van der Waals surface area contributed by atoms with E-state index in [0.717, 1.165) is 12.1 Å². The Morgan fingerprint density at radius 2 is 1.90 bits per heavy atom. The number of allylic oxidation sites excluding steroid dienone is 1. The van der Waals surface area contributed by atoms with Gasteiger partial charge in [0.05, 0.1) is 0 Å². The maximum atomic E-state index is 3.73. The van der Waals surface area contributed by atoms with Gasteiger partial charge in [0.15, 0.2) is 0 Å². The minimum Gasteiger partial charge on any atom is -0.387 e. The molecule has 0 bridgehead atoms. The smallest absolute Gasteiger partial charge is 0.0227 e. The molecule has 1 N–H and O–H groups in total. The van der Waals surface area contributed by atoms with E-state index in [-0.39, 0.29) is 0 Å². The molecule has 1 heteroatoms. The van der Waals surface area contributed by atoms with Crippen LogP contribution in [0.15, 0.2) is 12.3 Å².